The predicted molar refractivity (Wildman–Crippen MR) is 117 cm³/mol. The number of aryl methyl sites for hydroxylation is 2. The number of amides is 1. The van der Waals surface area contributed by atoms with Crippen molar-refractivity contribution in [2.24, 2.45) is 0 Å². The first-order valence-electron chi connectivity index (χ1n) is 9.88. The van der Waals surface area contributed by atoms with Gasteiger partial charge < -0.3 is 19.4 Å². The number of nitrogens with one attached hydrogen (secondary N) is 1. The summed E-state index contributed by atoms with van der Waals surface area (Å²) in [4.78, 5) is 12.5. The van der Waals surface area contributed by atoms with Crippen LogP contribution in [0.5, 0.6) is 11.5 Å². The minimum Gasteiger partial charge on any atom is -0.486 e. The molecule has 156 valence electrons. The number of benzene rings is 2. The lowest BCUT2D eigenvalue weighted by molar-refractivity contribution is -0.113. The largest absolute Gasteiger partial charge is 0.486 e. The summed E-state index contributed by atoms with van der Waals surface area (Å²) in [5.41, 5.74) is 3.89. The number of aromatic nitrogens is 3. The van der Waals surface area contributed by atoms with E-state index in [1.165, 1.54) is 11.8 Å². The number of hydrogen-bond donors (Lipinski definition) is 1. The fourth-order valence-electron chi connectivity index (χ4n) is 3.26. The molecule has 0 saturated heterocycles. The predicted octanol–water partition coefficient (Wildman–Crippen LogP) is 4.08. The average Bonchev–Trinajstić information content (AvgIpc) is 3.17. The van der Waals surface area contributed by atoms with Gasteiger partial charge in [0.2, 0.25) is 5.91 Å². The molecule has 8 heteroatoms. The molecule has 1 aromatic heterocycles. The van der Waals surface area contributed by atoms with Crippen molar-refractivity contribution in [2.45, 2.75) is 32.5 Å². The van der Waals surface area contributed by atoms with Gasteiger partial charge in [-0.15, -0.1) is 10.2 Å². The van der Waals surface area contributed by atoms with Gasteiger partial charge in [0.15, 0.2) is 22.5 Å². The zero-order valence-corrected chi connectivity index (χ0v) is 18.1. The van der Waals surface area contributed by atoms with E-state index in [2.05, 4.69) is 15.5 Å². The highest BCUT2D eigenvalue weighted by Gasteiger charge is 2.18. The van der Waals surface area contributed by atoms with Crippen LogP contribution in [0.4, 0.5) is 5.69 Å². The number of nitrogens with zero attached hydrogens (tertiary/aromatic N) is 3. The lowest BCUT2D eigenvalue weighted by Gasteiger charge is -2.18. The second-order valence-electron chi connectivity index (χ2n) is 7.06. The molecule has 1 amide bonds. The molecular formula is C22H24N4O3S. The molecule has 4 rings (SSSR count). The molecular weight excluding hydrogens is 400 g/mol. The van der Waals surface area contributed by atoms with Crippen molar-refractivity contribution in [1.82, 2.24) is 14.8 Å². The highest BCUT2D eigenvalue weighted by atomic mass is 32.2. The fraction of sp³-hybridized carbons (Fsp3) is 0.318. The Morgan fingerprint density at radius 1 is 1.10 bits per heavy atom. The van der Waals surface area contributed by atoms with Crippen molar-refractivity contribution in [3.8, 4) is 22.9 Å². The number of hydrogen-bond acceptors (Lipinski definition) is 6. The Kier molecular flexibility index (Phi) is 5.94. The Balaban J connectivity index is 1.47. The van der Waals surface area contributed by atoms with Gasteiger partial charge >= 0.3 is 0 Å². The quantitative estimate of drug-likeness (QED) is 0.601. The molecule has 1 N–H and O–H groups in total. The molecule has 0 unspecified atom stereocenters. The molecule has 0 atom stereocenters. The standard InChI is InChI=1S/C22H24N4O3S/c1-4-26-21(16-7-8-18-19(12-16)29-10-9-28-18)24-25-22(26)30-13-20(27)23-17-11-14(2)5-6-15(17)3/h5-8,11-12H,4,9-10,13H2,1-3H3,(H,23,27). The van der Waals surface area contributed by atoms with Crippen LogP contribution >= 0.6 is 11.8 Å². The van der Waals surface area contributed by atoms with Gasteiger partial charge in [-0.2, -0.15) is 0 Å². The molecule has 0 aliphatic carbocycles. The summed E-state index contributed by atoms with van der Waals surface area (Å²) in [5, 5.41) is 12.4. The van der Waals surface area contributed by atoms with Gasteiger partial charge in [-0.05, 0) is 56.2 Å². The molecule has 0 radical (unpaired) electrons. The van der Waals surface area contributed by atoms with Crippen LogP contribution in [-0.4, -0.2) is 39.6 Å². The van der Waals surface area contributed by atoms with Crippen LogP contribution in [0.1, 0.15) is 18.1 Å². The molecule has 1 aliphatic rings. The van der Waals surface area contributed by atoms with Gasteiger partial charge in [-0.1, -0.05) is 23.9 Å². The summed E-state index contributed by atoms with van der Waals surface area (Å²) in [6.45, 7) is 7.81. The molecule has 0 saturated carbocycles. The Morgan fingerprint density at radius 2 is 1.90 bits per heavy atom. The maximum absolute atomic E-state index is 12.5. The van der Waals surface area contributed by atoms with Crippen LogP contribution in [0.2, 0.25) is 0 Å². The van der Waals surface area contributed by atoms with Crippen molar-refractivity contribution < 1.29 is 14.3 Å². The van der Waals surface area contributed by atoms with Crippen LogP contribution in [0.15, 0.2) is 41.6 Å². The first kappa shape index (κ1) is 20.3. The molecule has 1 aliphatic heterocycles. The highest BCUT2D eigenvalue weighted by molar-refractivity contribution is 7.99. The smallest absolute Gasteiger partial charge is 0.234 e. The molecule has 2 aromatic carbocycles. The average molecular weight is 425 g/mol. The Hall–Kier alpha value is -3.00. The summed E-state index contributed by atoms with van der Waals surface area (Å²) in [6.07, 6.45) is 0. The van der Waals surface area contributed by atoms with Crippen molar-refractivity contribution in [1.29, 1.82) is 0 Å². The van der Waals surface area contributed by atoms with E-state index in [4.69, 9.17) is 9.47 Å². The first-order valence-corrected chi connectivity index (χ1v) is 10.9. The summed E-state index contributed by atoms with van der Waals surface area (Å²) >= 11 is 1.37. The van der Waals surface area contributed by atoms with Crippen molar-refractivity contribution >= 4 is 23.4 Å². The second-order valence-corrected chi connectivity index (χ2v) is 8.01. The number of carbonyl (C=O) groups is 1. The Labute approximate surface area is 179 Å². The lowest BCUT2D eigenvalue weighted by atomic mass is 10.1. The minimum atomic E-state index is -0.0692. The van der Waals surface area contributed by atoms with Crippen LogP contribution in [0.25, 0.3) is 11.4 Å². The number of anilines is 1. The number of fused-ring (bicyclic) bond motifs is 1. The van der Waals surface area contributed by atoms with Crippen LogP contribution in [0.3, 0.4) is 0 Å². The molecule has 0 spiro atoms. The molecule has 3 aromatic rings. The third-order valence-electron chi connectivity index (χ3n) is 4.83. The van der Waals surface area contributed by atoms with Crippen molar-refractivity contribution in [3.63, 3.8) is 0 Å². The molecule has 30 heavy (non-hydrogen) atoms. The summed E-state index contributed by atoms with van der Waals surface area (Å²) in [6, 6.07) is 11.8. The zero-order valence-electron chi connectivity index (χ0n) is 17.3. The van der Waals surface area contributed by atoms with E-state index in [-0.39, 0.29) is 11.7 Å². The van der Waals surface area contributed by atoms with E-state index in [0.29, 0.717) is 30.7 Å². The summed E-state index contributed by atoms with van der Waals surface area (Å²) in [7, 11) is 0. The number of rotatable bonds is 6. The molecule has 0 bridgehead atoms. The number of thioether (sulfide) groups is 1. The van der Waals surface area contributed by atoms with Gasteiger partial charge in [0.05, 0.1) is 5.75 Å². The van der Waals surface area contributed by atoms with Gasteiger partial charge in [0, 0.05) is 17.8 Å². The third kappa shape index (κ3) is 4.28. The van der Waals surface area contributed by atoms with E-state index < -0.39 is 0 Å². The van der Waals surface area contributed by atoms with Gasteiger partial charge in [-0.25, -0.2) is 0 Å². The topological polar surface area (TPSA) is 78.3 Å². The lowest BCUT2D eigenvalue weighted by Crippen LogP contribution is -2.15. The summed E-state index contributed by atoms with van der Waals surface area (Å²) < 4.78 is 13.3. The van der Waals surface area contributed by atoms with Gasteiger partial charge in [-0.3, -0.25) is 4.79 Å². The maximum Gasteiger partial charge on any atom is 0.234 e. The van der Waals surface area contributed by atoms with Crippen LogP contribution in [-0.2, 0) is 11.3 Å². The summed E-state index contributed by atoms with van der Waals surface area (Å²) in [5.74, 6) is 2.39. The van der Waals surface area contributed by atoms with Crippen LogP contribution < -0.4 is 14.8 Å². The van der Waals surface area contributed by atoms with E-state index in [1.54, 1.807) is 0 Å². The zero-order chi connectivity index (χ0) is 21.1. The number of ether oxygens (including phenoxy) is 2. The minimum absolute atomic E-state index is 0.0692. The van der Waals surface area contributed by atoms with E-state index >= 15 is 0 Å². The fourth-order valence-corrected chi connectivity index (χ4v) is 4.07. The monoisotopic (exact) mass is 424 g/mol. The normalized spacial score (nSPS) is 12.6. The van der Waals surface area contributed by atoms with E-state index in [9.17, 15) is 4.79 Å². The second kappa shape index (κ2) is 8.79. The molecule has 0 fully saturated rings. The van der Waals surface area contributed by atoms with Crippen molar-refractivity contribution in [3.05, 3.63) is 47.5 Å². The Morgan fingerprint density at radius 3 is 2.70 bits per heavy atom. The molecule has 2 heterocycles. The van der Waals surface area contributed by atoms with Crippen molar-refractivity contribution in [2.75, 3.05) is 24.3 Å². The van der Waals surface area contributed by atoms with E-state index in [0.717, 1.165) is 34.0 Å². The Bertz CT molecular complexity index is 1080. The van der Waals surface area contributed by atoms with E-state index in [1.807, 2.05) is 61.7 Å². The SMILES string of the molecule is CCn1c(SCC(=O)Nc2cc(C)ccc2C)nnc1-c1ccc2c(c1)OCCO2. The molecule has 7 nitrogen and oxygen atoms in total. The van der Waals surface area contributed by atoms with Crippen LogP contribution in [0, 0.1) is 13.8 Å². The van der Waals surface area contributed by atoms with Gasteiger partial charge in [0.25, 0.3) is 0 Å². The van der Waals surface area contributed by atoms with Gasteiger partial charge in [0.1, 0.15) is 13.2 Å². The first-order chi connectivity index (χ1) is 14.5. The third-order valence-corrected chi connectivity index (χ3v) is 5.80. The highest BCUT2D eigenvalue weighted by Crippen LogP contribution is 2.34. The maximum atomic E-state index is 12.5. The number of carbonyl (C=O) groups excluding carboxylic acids is 1.